The van der Waals surface area contributed by atoms with Gasteiger partial charge in [0.25, 0.3) is 0 Å². The second kappa shape index (κ2) is 7.33. The molecule has 0 aliphatic heterocycles. The van der Waals surface area contributed by atoms with E-state index in [-0.39, 0.29) is 24.6 Å². The van der Waals surface area contributed by atoms with Crippen LogP contribution in [0.3, 0.4) is 0 Å². The SMILES string of the molecule is C=CCCC(=O)N(CCO)c1ccc(C(=O)O)cc1. The highest BCUT2D eigenvalue weighted by molar-refractivity contribution is 5.94. The third kappa shape index (κ3) is 4.22. The van der Waals surface area contributed by atoms with Crippen LogP contribution in [0.25, 0.3) is 0 Å². The number of hydrogen-bond acceptors (Lipinski definition) is 3. The topological polar surface area (TPSA) is 77.8 Å². The molecule has 0 radical (unpaired) electrons. The number of rotatable bonds is 7. The Hall–Kier alpha value is -2.14. The van der Waals surface area contributed by atoms with Crippen molar-refractivity contribution in [3.8, 4) is 0 Å². The van der Waals surface area contributed by atoms with Gasteiger partial charge in [-0.15, -0.1) is 6.58 Å². The fourth-order valence-corrected chi connectivity index (χ4v) is 1.64. The molecule has 102 valence electrons. The first-order valence-corrected chi connectivity index (χ1v) is 5.95. The van der Waals surface area contributed by atoms with Gasteiger partial charge in [0, 0.05) is 18.7 Å². The summed E-state index contributed by atoms with van der Waals surface area (Å²) in [5, 5.41) is 17.8. The number of aliphatic hydroxyl groups excluding tert-OH is 1. The van der Waals surface area contributed by atoms with Crippen LogP contribution in [0.4, 0.5) is 5.69 Å². The molecule has 0 fully saturated rings. The minimum absolute atomic E-state index is 0.128. The molecule has 0 aliphatic rings. The summed E-state index contributed by atoms with van der Waals surface area (Å²) in [6.07, 6.45) is 2.53. The van der Waals surface area contributed by atoms with Gasteiger partial charge in [0.1, 0.15) is 0 Å². The quantitative estimate of drug-likeness (QED) is 0.734. The summed E-state index contributed by atoms with van der Waals surface area (Å²) in [5.41, 5.74) is 0.736. The van der Waals surface area contributed by atoms with E-state index in [4.69, 9.17) is 10.2 Å². The van der Waals surface area contributed by atoms with E-state index < -0.39 is 5.97 Å². The van der Waals surface area contributed by atoms with Crippen LogP contribution in [0.2, 0.25) is 0 Å². The lowest BCUT2D eigenvalue weighted by atomic mass is 10.2. The van der Waals surface area contributed by atoms with Gasteiger partial charge in [-0.3, -0.25) is 4.79 Å². The molecule has 0 saturated carbocycles. The van der Waals surface area contributed by atoms with Crippen LogP contribution in [-0.4, -0.2) is 35.2 Å². The maximum absolute atomic E-state index is 12.0. The maximum Gasteiger partial charge on any atom is 0.335 e. The molecule has 1 amide bonds. The van der Waals surface area contributed by atoms with Crippen LogP contribution in [0.5, 0.6) is 0 Å². The van der Waals surface area contributed by atoms with E-state index in [2.05, 4.69) is 6.58 Å². The molecule has 0 bridgehead atoms. The number of anilines is 1. The predicted molar refractivity (Wildman–Crippen MR) is 72.3 cm³/mol. The standard InChI is InChI=1S/C14H17NO4/c1-2-3-4-13(17)15(9-10-16)12-7-5-11(6-8-12)14(18)19/h2,5-8,16H,1,3-4,9-10H2,(H,18,19). The van der Waals surface area contributed by atoms with E-state index in [0.29, 0.717) is 18.5 Å². The molecule has 1 rings (SSSR count). The Morgan fingerprint density at radius 2 is 1.89 bits per heavy atom. The zero-order chi connectivity index (χ0) is 14.3. The molecule has 0 heterocycles. The number of hydrogen-bond donors (Lipinski definition) is 2. The number of nitrogens with zero attached hydrogens (tertiary/aromatic N) is 1. The normalized spacial score (nSPS) is 9.95. The fraction of sp³-hybridized carbons (Fsp3) is 0.286. The van der Waals surface area contributed by atoms with Crippen molar-refractivity contribution in [3.63, 3.8) is 0 Å². The summed E-state index contributed by atoms with van der Waals surface area (Å²) < 4.78 is 0. The Bertz CT molecular complexity index is 453. The van der Waals surface area contributed by atoms with Crippen molar-refractivity contribution >= 4 is 17.6 Å². The summed E-state index contributed by atoms with van der Waals surface area (Å²) in [6.45, 7) is 3.59. The lowest BCUT2D eigenvalue weighted by Gasteiger charge is -2.21. The summed E-state index contributed by atoms with van der Waals surface area (Å²) in [5.74, 6) is -1.14. The number of aromatic carboxylic acids is 1. The molecule has 1 aromatic rings. The lowest BCUT2D eigenvalue weighted by Crippen LogP contribution is -2.33. The third-order valence-electron chi connectivity index (χ3n) is 2.61. The van der Waals surface area contributed by atoms with Gasteiger partial charge in [0.05, 0.1) is 12.2 Å². The molecule has 2 N–H and O–H groups in total. The zero-order valence-electron chi connectivity index (χ0n) is 10.6. The highest BCUT2D eigenvalue weighted by Gasteiger charge is 2.14. The van der Waals surface area contributed by atoms with Gasteiger partial charge >= 0.3 is 5.97 Å². The van der Waals surface area contributed by atoms with E-state index in [1.165, 1.54) is 17.0 Å². The number of carbonyl (C=O) groups is 2. The van der Waals surface area contributed by atoms with Crippen molar-refractivity contribution in [2.24, 2.45) is 0 Å². The average molecular weight is 263 g/mol. The van der Waals surface area contributed by atoms with Crippen LogP contribution in [0, 0.1) is 0 Å². The minimum Gasteiger partial charge on any atom is -0.478 e. The summed E-state index contributed by atoms with van der Waals surface area (Å²) in [7, 11) is 0. The first-order valence-electron chi connectivity index (χ1n) is 5.95. The van der Waals surface area contributed by atoms with Crippen molar-refractivity contribution < 1.29 is 19.8 Å². The predicted octanol–water partition coefficient (Wildman–Crippen LogP) is 1.68. The molecular weight excluding hydrogens is 246 g/mol. The first-order chi connectivity index (χ1) is 9.10. The largest absolute Gasteiger partial charge is 0.478 e. The second-order valence-corrected chi connectivity index (χ2v) is 3.95. The van der Waals surface area contributed by atoms with Crippen molar-refractivity contribution in [2.75, 3.05) is 18.1 Å². The zero-order valence-corrected chi connectivity index (χ0v) is 10.6. The number of carboxylic acids is 1. The van der Waals surface area contributed by atoms with E-state index in [0.717, 1.165) is 0 Å². The van der Waals surface area contributed by atoms with Gasteiger partial charge in [-0.05, 0) is 30.7 Å². The molecule has 0 aliphatic carbocycles. The molecule has 0 atom stereocenters. The molecular formula is C14H17NO4. The van der Waals surface area contributed by atoms with Crippen LogP contribution in [-0.2, 0) is 4.79 Å². The lowest BCUT2D eigenvalue weighted by molar-refractivity contribution is -0.118. The van der Waals surface area contributed by atoms with Crippen LogP contribution < -0.4 is 4.90 Å². The van der Waals surface area contributed by atoms with Gasteiger partial charge in [-0.2, -0.15) is 0 Å². The smallest absolute Gasteiger partial charge is 0.335 e. The van der Waals surface area contributed by atoms with E-state index in [1.54, 1.807) is 18.2 Å². The Morgan fingerprint density at radius 1 is 1.26 bits per heavy atom. The molecule has 0 spiro atoms. The summed E-state index contributed by atoms with van der Waals surface area (Å²) in [6, 6.07) is 5.99. The van der Waals surface area contributed by atoms with Crippen LogP contribution >= 0.6 is 0 Å². The maximum atomic E-state index is 12.0. The van der Waals surface area contributed by atoms with Crippen LogP contribution in [0.15, 0.2) is 36.9 Å². The number of amides is 1. The molecule has 5 heteroatoms. The Labute approximate surface area is 111 Å². The summed E-state index contributed by atoms with van der Waals surface area (Å²) in [4.78, 5) is 24.2. The van der Waals surface area contributed by atoms with Crippen LogP contribution in [0.1, 0.15) is 23.2 Å². The highest BCUT2D eigenvalue weighted by Crippen LogP contribution is 2.17. The fourth-order valence-electron chi connectivity index (χ4n) is 1.64. The molecule has 0 aromatic heterocycles. The number of allylic oxidation sites excluding steroid dienone is 1. The molecule has 0 unspecified atom stereocenters. The number of carboxylic acid groups (broad SMARTS) is 1. The van der Waals surface area contributed by atoms with E-state index in [1.807, 2.05) is 0 Å². The molecule has 0 saturated heterocycles. The number of carbonyl (C=O) groups excluding carboxylic acids is 1. The Morgan fingerprint density at radius 3 is 2.37 bits per heavy atom. The van der Waals surface area contributed by atoms with Gasteiger partial charge in [0.15, 0.2) is 0 Å². The average Bonchev–Trinajstić information content (AvgIpc) is 2.42. The van der Waals surface area contributed by atoms with Gasteiger partial charge in [-0.25, -0.2) is 4.79 Å². The Balaban J connectivity index is 2.88. The van der Waals surface area contributed by atoms with Crippen molar-refractivity contribution in [2.45, 2.75) is 12.8 Å². The number of aliphatic hydroxyl groups is 1. The van der Waals surface area contributed by atoms with E-state index >= 15 is 0 Å². The van der Waals surface area contributed by atoms with Gasteiger partial charge < -0.3 is 15.1 Å². The van der Waals surface area contributed by atoms with Crippen molar-refractivity contribution in [1.82, 2.24) is 0 Å². The van der Waals surface area contributed by atoms with Gasteiger partial charge in [-0.1, -0.05) is 6.08 Å². The highest BCUT2D eigenvalue weighted by atomic mass is 16.4. The van der Waals surface area contributed by atoms with Gasteiger partial charge in [0.2, 0.25) is 5.91 Å². The third-order valence-corrected chi connectivity index (χ3v) is 2.61. The first kappa shape index (κ1) is 14.9. The molecule has 19 heavy (non-hydrogen) atoms. The van der Waals surface area contributed by atoms with Crippen molar-refractivity contribution in [1.29, 1.82) is 0 Å². The number of benzene rings is 1. The Kier molecular flexibility index (Phi) is 5.75. The monoisotopic (exact) mass is 263 g/mol. The molecule has 1 aromatic carbocycles. The minimum atomic E-state index is -1.02. The van der Waals surface area contributed by atoms with Crippen molar-refractivity contribution in [3.05, 3.63) is 42.5 Å². The second-order valence-electron chi connectivity index (χ2n) is 3.95. The molecule has 5 nitrogen and oxygen atoms in total. The summed E-state index contributed by atoms with van der Waals surface area (Å²) >= 11 is 0. The van der Waals surface area contributed by atoms with E-state index in [9.17, 15) is 9.59 Å².